The number of nitrogens with one attached hydrogen (secondary N) is 2. The van der Waals surface area contributed by atoms with Gasteiger partial charge in [-0.3, -0.25) is 4.90 Å². The third-order valence-corrected chi connectivity index (χ3v) is 5.93. The van der Waals surface area contributed by atoms with Crippen molar-refractivity contribution in [1.82, 2.24) is 30.3 Å². The summed E-state index contributed by atoms with van der Waals surface area (Å²) in [5.74, 6) is 3.76. The highest BCUT2D eigenvalue weighted by molar-refractivity contribution is 5.79. The number of aromatic nitrogens is 3. The summed E-state index contributed by atoms with van der Waals surface area (Å²) in [4.78, 5) is 7.34. The summed E-state index contributed by atoms with van der Waals surface area (Å²) in [6, 6.07) is 8.69. The van der Waals surface area contributed by atoms with Gasteiger partial charge in [0.15, 0.2) is 11.8 Å². The Bertz CT molecular complexity index is 857. The monoisotopic (exact) mass is 411 g/mol. The molecule has 2 aliphatic rings. The molecule has 2 N–H and O–H groups in total. The van der Waals surface area contributed by atoms with E-state index in [1.54, 1.807) is 7.11 Å². The average Bonchev–Trinajstić information content (AvgIpc) is 3.52. The number of aryl methyl sites for hydroxylation is 1. The number of rotatable bonds is 8. The molecule has 2 aromatic rings. The molecule has 1 atom stereocenters. The highest BCUT2D eigenvalue weighted by Crippen LogP contribution is 2.27. The van der Waals surface area contributed by atoms with Crippen LogP contribution in [-0.4, -0.2) is 58.9 Å². The smallest absolute Gasteiger partial charge is 0.191 e. The Morgan fingerprint density at radius 1 is 1.17 bits per heavy atom. The van der Waals surface area contributed by atoms with Crippen LogP contribution in [0.1, 0.15) is 49.4 Å². The molecule has 1 saturated heterocycles. The van der Waals surface area contributed by atoms with Crippen molar-refractivity contribution in [2.45, 2.75) is 51.7 Å². The number of hydrogen-bond acceptors (Lipinski definition) is 5. The number of benzene rings is 1. The summed E-state index contributed by atoms with van der Waals surface area (Å²) < 4.78 is 7.66. The third kappa shape index (κ3) is 4.75. The molecule has 0 spiro atoms. The summed E-state index contributed by atoms with van der Waals surface area (Å²) in [5.41, 5.74) is 1.27. The van der Waals surface area contributed by atoms with E-state index < -0.39 is 0 Å². The van der Waals surface area contributed by atoms with Gasteiger partial charge in [-0.2, -0.15) is 0 Å². The fraction of sp³-hybridized carbons (Fsp3) is 0.591. The summed E-state index contributed by atoms with van der Waals surface area (Å²) in [7, 11) is 1.72. The minimum atomic E-state index is 0.281. The number of nitrogens with zero attached hydrogens (tertiary/aromatic N) is 5. The van der Waals surface area contributed by atoms with Crippen molar-refractivity contribution in [2.75, 3.05) is 33.3 Å². The first-order chi connectivity index (χ1) is 14.8. The molecule has 4 rings (SSSR count). The summed E-state index contributed by atoms with van der Waals surface area (Å²) >= 11 is 0. The minimum absolute atomic E-state index is 0.281. The zero-order chi connectivity index (χ0) is 20.8. The van der Waals surface area contributed by atoms with Crippen molar-refractivity contribution in [1.29, 1.82) is 0 Å². The van der Waals surface area contributed by atoms with E-state index in [0.717, 1.165) is 68.9 Å². The molecule has 1 unspecified atom stereocenters. The van der Waals surface area contributed by atoms with Gasteiger partial charge in [0.1, 0.15) is 18.1 Å². The average molecular weight is 412 g/mol. The number of hydrogen-bond donors (Lipinski definition) is 2. The van der Waals surface area contributed by atoms with Gasteiger partial charge in [0.2, 0.25) is 0 Å². The second-order valence-electron chi connectivity index (χ2n) is 7.90. The molecule has 0 aliphatic carbocycles. The van der Waals surface area contributed by atoms with Gasteiger partial charge < -0.3 is 19.9 Å². The van der Waals surface area contributed by atoms with Crippen molar-refractivity contribution in [3.8, 4) is 5.75 Å². The van der Waals surface area contributed by atoms with Gasteiger partial charge >= 0.3 is 0 Å². The second kappa shape index (κ2) is 9.93. The summed E-state index contributed by atoms with van der Waals surface area (Å²) in [6.07, 6.45) is 4.68. The Morgan fingerprint density at radius 2 is 2.03 bits per heavy atom. The molecule has 30 heavy (non-hydrogen) atoms. The van der Waals surface area contributed by atoms with Crippen molar-refractivity contribution in [2.24, 2.45) is 4.99 Å². The predicted octanol–water partition coefficient (Wildman–Crippen LogP) is 2.13. The van der Waals surface area contributed by atoms with Crippen LogP contribution in [0.3, 0.4) is 0 Å². The van der Waals surface area contributed by atoms with E-state index in [9.17, 15) is 0 Å². The van der Waals surface area contributed by atoms with E-state index in [1.165, 1.54) is 18.4 Å². The van der Waals surface area contributed by atoms with Crippen LogP contribution in [0.2, 0.25) is 0 Å². The zero-order valence-electron chi connectivity index (χ0n) is 18.1. The molecule has 3 heterocycles. The lowest BCUT2D eigenvalue weighted by molar-refractivity contribution is 0.245. The molecular weight excluding hydrogens is 378 g/mol. The quantitative estimate of drug-likeness (QED) is 0.512. The number of aliphatic imine (C=N–C) groups is 1. The Kier molecular flexibility index (Phi) is 6.84. The first-order valence-corrected chi connectivity index (χ1v) is 11.1. The first kappa shape index (κ1) is 20.7. The lowest BCUT2D eigenvalue weighted by Crippen LogP contribution is -2.42. The van der Waals surface area contributed by atoms with Crippen LogP contribution in [-0.2, 0) is 19.5 Å². The molecule has 1 aromatic heterocycles. The summed E-state index contributed by atoms with van der Waals surface area (Å²) in [6.45, 7) is 7.49. The Hall–Kier alpha value is -2.61. The number of guanidine groups is 1. The largest absolute Gasteiger partial charge is 0.497 e. The molecular formula is C22H33N7O. The van der Waals surface area contributed by atoms with Gasteiger partial charge in [-0.05, 0) is 57.0 Å². The minimum Gasteiger partial charge on any atom is -0.497 e. The van der Waals surface area contributed by atoms with Crippen LogP contribution >= 0.6 is 0 Å². The Labute approximate surface area is 178 Å². The number of ether oxygens (including phenoxy) is 1. The van der Waals surface area contributed by atoms with Crippen LogP contribution in [0.25, 0.3) is 0 Å². The van der Waals surface area contributed by atoms with Gasteiger partial charge in [-0.15, -0.1) is 10.2 Å². The maximum absolute atomic E-state index is 5.46. The molecule has 8 heteroatoms. The van der Waals surface area contributed by atoms with Gasteiger partial charge in [0.25, 0.3) is 0 Å². The van der Waals surface area contributed by atoms with E-state index in [0.29, 0.717) is 6.54 Å². The topological polar surface area (TPSA) is 79.6 Å². The van der Waals surface area contributed by atoms with Gasteiger partial charge in [0, 0.05) is 26.1 Å². The molecule has 0 saturated carbocycles. The lowest BCUT2D eigenvalue weighted by atomic mass is 10.1. The molecule has 162 valence electrons. The van der Waals surface area contributed by atoms with E-state index in [2.05, 4.69) is 55.4 Å². The van der Waals surface area contributed by atoms with Crippen molar-refractivity contribution in [3.63, 3.8) is 0 Å². The lowest BCUT2D eigenvalue weighted by Gasteiger charge is -2.29. The van der Waals surface area contributed by atoms with Crippen molar-refractivity contribution < 1.29 is 4.74 Å². The Balaban J connectivity index is 1.46. The first-order valence-electron chi connectivity index (χ1n) is 11.1. The maximum atomic E-state index is 5.46. The van der Waals surface area contributed by atoms with E-state index in [-0.39, 0.29) is 6.04 Å². The van der Waals surface area contributed by atoms with Crippen LogP contribution in [0.15, 0.2) is 29.3 Å². The fourth-order valence-corrected chi connectivity index (χ4v) is 4.37. The van der Waals surface area contributed by atoms with E-state index in [4.69, 9.17) is 9.73 Å². The second-order valence-corrected chi connectivity index (χ2v) is 7.90. The molecule has 1 aromatic carbocycles. The Morgan fingerprint density at radius 3 is 2.83 bits per heavy atom. The van der Waals surface area contributed by atoms with E-state index >= 15 is 0 Å². The van der Waals surface area contributed by atoms with Gasteiger partial charge in [-0.1, -0.05) is 12.1 Å². The molecule has 2 aliphatic heterocycles. The molecule has 0 amide bonds. The van der Waals surface area contributed by atoms with Crippen molar-refractivity contribution >= 4 is 5.96 Å². The SMILES string of the molecule is CCNC(=NCc1nnc2n1CCC2)NCC(c1cccc(OC)c1)N1CCCC1. The third-order valence-electron chi connectivity index (χ3n) is 5.93. The highest BCUT2D eigenvalue weighted by Gasteiger charge is 2.24. The van der Waals surface area contributed by atoms with Crippen LogP contribution in [0.5, 0.6) is 5.75 Å². The molecule has 8 nitrogen and oxygen atoms in total. The number of likely N-dealkylation sites (tertiary alicyclic amines) is 1. The molecule has 0 radical (unpaired) electrons. The zero-order valence-corrected chi connectivity index (χ0v) is 18.1. The van der Waals surface area contributed by atoms with Crippen LogP contribution in [0.4, 0.5) is 0 Å². The van der Waals surface area contributed by atoms with Crippen LogP contribution in [0, 0.1) is 0 Å². The van der Waals surface area contributed by atoms with Crippen molar-refractivity contribution in [3.05, 3.63) is 41.5 Å². The number of fused-ring (bicyclic) bond motifs is 1. The van der Waals surface area contributed by atoms with E-state index in [1.807, 2.05) is 6.07 Å². The fourth-order valence-electron chi connectivity index (χ4n) is 4.37. The molecule has 1 fully saturated rings. The highest BCUT2D eigenvalue weighted by atomic mass is 16.5. The van der Waals surface area contributed by atoms with Gasteiger partial charge in [0.05, 0.1) is 13.2 Å². The normalized spacial score (nSPS) is 17.7. The van der Waals surface area contributed by atoms with Gasteiger partial charge in [-0.25, -0.2) is 4.99 Å². The maximum Gasteiger partial charge on any atom is 0.191 e. The summed E-state index contributed by atoms with van der Waals surface area (Å²) in [5, 5.41) is 15.5. The van der Waals surface area contributed by atoms with Crippen LogP contribution < -0.4 is 15.4 Å². The number of methoxy groups -OCH3 is 1. The predicted molar refractivity (Wildman–Crippen MR) is 118 cm³/mol. The standard InChI is InChI=1S/C22H33N7O/c1-3-23-22(25-16-21-27-26-20-10-7-13-29(20)21)24-15-19(28-11-4-5-12-28)17-8-6-9-18(14-17)30-2/h6,8-9,14,19H,3-5,7,10-13,15-16H2,1-2H3,(H2,23,24,25). The molecule has 0 bridgehead atoms.